The highest BCUT2D eigenvalue weighted by Gasteiger charge is 2.58. The Kier molecular flexibility index (Phi) is 12.6. The van der Waals surface area contributed by atoms with Crippen molar-refractivity contribution < 1.29 is 28.5 Å². The Morgan fingerprint density at radius 3 is 1.94 bits per heavy atom. The normalized spacial score (nSPS) is 24.5. The molecule has 51 heavy (non-hydrogen) atoms. The number of thioether (sulfide) groups is 2. The average molecular weight is 831 g/mol. The minimum atomic E-state index is -1.65. The Morgan fingerprint density at radius 2 is 1.29 bits per heavy atom. The van der Waals surface area contributed by atoms with E-state index in [0.717, 1.165) is 22.4 Å². The lowest BCUT2D eigenvalue weighted by molar-refractivity contribution is -0.358. The standard InChI is InChI=1S/C42H39IO6S2/c43-35-24-14-13-19-32(35)25-26-50-41(44)42(33-20-9-3-10-21-33)47-29-36-37(49-42)38(45-27-30-15-5-1-6-16-30)39(46-28-31-17-7-2-8-18-31)40(48-36)51-34-22-11-4-12-23-34/h1-24,36-40H,25-29H2/t36-,37-,38+,39+,40-,42-/m1/s1. The number of rotatable bonds is 13. The van der Waals surface area contributed by atoms with Gasteiger partial charge in [-0.25, -0.2) is 0 Å². The molecule has 5 aromatic carbocycles. The van der Waals surface area contributed by atoms with E-state index in [4.69, 9.17) is 23.7 Å². The van der Waals surface area contributed by atoms with Crippen LogP contribution in [0.2, 0.25) is 0 Å². The van der Waals surface area contributed by atoms with Crippen LogP contribution in [0, 0.1) is 3.57 Å². The monoisotopic (exact) mass is 830 g/mol. The number of fused-ring (bicyclic) bond motifs is 1. The molecule has 6 nitrogen and oxygen atoms in total. The third kappa shape index (κ3) is 8.97. The van der Waals surface area contributed by atoms with Crippen molar-refractivity contribution in [2.75, 3.05) is 12.4 Å². The van der Waals surface area contributed by atoms with E-state index in [-0.39, 0.29) is 11.7 Å². The van der Waals surface area contributed by atoms with E-state index in [9.17, 15) is 4.79 Å². The molecular formula is C42H39IO6S2. The zero-order valence-corrected chi connectivity index (χ0v) is 31.7. The molecule has 0 aromatic heterocycles. The highest BCUT2D eigenvalue weighted by atomic mass is 127. The Labute approximate surface area is 321 Å². The van der Waals surface area contributed by atoms with Crippen LogP contribution >= 0.6 is 46.1 Å². The summed E-state index contributed by atoms with van der Waals surface area (Å²) in [5, 5.41) is -0.206. The fraction of sp³-hybridized carbons (Fsp3) is 0.262. The van der Waals surface area contributed by atoms with Gasteiger partial charge in [-0.15, -0.1) is 0 Å². The quantitative estimate of drug-likeness (QED) is 0.109. The van der Waals surface area contributed by atoms with Gasteiger partial charge >= 0.3 is 0 Å². The van der Waals surface area contributed by atoms with E-state index < -0.39 is 35.6 Å². The maximum absolute atomic E-state index is 14.4. The number of halogens is 1. The summed E-state index contributed by atoms with van der Waals surface area (Å²) >= 11 is 5.17. The first-order valence-electron chi connectivity index (χ1n) is 17.1. The number of carbonyl (C=O) groups is 1. The van der Waals surface area contributed by atoms with Crippen molar-refractivity contribution in [2.24, 2.45) is 0 Å². The maximum Gasteiger partial charge on any atom is 0.267 e. The fourth-order valence-electron chi connectivity index (χ4n) is 6.29. The van der Waals surface area contributed by atoms with Crippen LogP contribution < -0.4 is 0 Å². The molecule has 2 aliphatic heterocycles. The van der Waals surface area contributed by atoms with Crippen molar-refractivity contribution in [3.8, 4) is 0 Å². The summed E-state index contributed by atoms with van der Waals surface area (Å²) in [6, 6.07) is 48.1. The lowest BCUT2D eigenvalue weighted by Crippen LogP contribution is -2.66. The summed E-state index contributed by atoms with van der Waals surface area (Å²) in [5.41, 5.74) is 3.47. The van der Waals surface area contributed by atoms with E-state index in [0.29, 0.717) is 24.5 Å². The molecule has 2 aliphatic rings. The Balaban J connectivity index is 1.21. The van der Waals surface area contributed by atoms with Gasteiger partial charge in [-0.2, -0.15) is 0 Å². The third-order valence-corrected chi connectivity index (χ3v) is 12.0. The zero-order valence-electron chi connectivity index (χ0n) is 27.9. The molecule has 5 aromatic rings. The minimum absolute atomic E-state index is 0.144. The molecule has 0 bridgehead atoms. The molecule has 0 unspecified atom stereocenters. The van der Waals surface area contributed by atoms with Gasteiger partial charge in [-0.3, -0.25) is 4.79 Å². The van der Waals surface area contributed by atoms with Crippen LogP contribution in [-0.2, 0) is 53.9 Å². The van der Waals surface area contributed by atoms with Crippen LogP contribution in [-0.4, -0.2) is 47.3 Å². The summed E-state index contributed by atoms with van der Waals surface area (Å²) < 4.78 is 35.2. The Morgan fingerprint density at radius 1 is 0.725 bits per heavy atom. The molecule has 0 spiro atoms. The zero-order chi connectivity index (χ0) is 34.9. The molecule has 9 heteroatoms. The van der Waals surface area contributed by atoms with E-state index >= 15 is 0 Å². The van der Waals surface area contributed by atoms with Gasteiger partial charge in [0.2, 0.25) is 0 Å². The van der Waals surface area contributed by atoms with Crippen molar-refractivity contribution in [2.45, 2.75) is 60.2 Å². The lowest BCUT2D eigenvalue weighted by Gasteiger charge is -2.51. The molecule has 0 radical (unpaired) electrons. The number of hydrogen-bond donors (Lipinski definition) is 0. The van der Waals surface area contributed by atoms with Crippen molar-refractivity contribution in [3.63, 3.8) is 0 Å². The molecule has 262 valence electrons. The number of aryl methyl sites for hydroxylation is 1. The molecular weight excluding hydrogens is 791 g/mol. The summed E-state index contributed by atoms with van der Waals surface area (Å²) in [4.78, 5) is 15.5. The predicted molar refractivity (Wildman–Crippen MR) is 210 cm³/mol. The number of ether oxygens (including phenoxy) is 5. The smallest absolute Gasteiger partial charge is 0.267 e. The number of carbonyl (C=O) groups excluding carboxylic acids is 1. The highest BCUT2D eigenvalue weighted by molar-refractivity contribution is 14.1. The lowest BCUT2D eigenvalue weighted by atomic mass is 9.95. The number of benzene rings is 5. The van der Waals surface area contributed by atoms with Gasteiger partial charge in [0, 0.05) is 19.8 Å². The molecule has 2 heterocycles. The topological polar surface area (TPSA) is 63.2 Å². The van der Waals surface area contributed by atoms with Crippen molar-refractivity contribution in [1.82, 2.24) is 0 Å². The van der Waals surface area contributed by atoms with Crippen molar-refractivity contribution in [3.05, 3.63) is 171 Å². The van der Waals surface area contributed by atoms with E-state index in [1.807, 2.05) is 121 Å². The maximum atomic E-state index is 14.4. The van der Waals surface area contributed by atoms with Gasteiger partial charge in [-0.1, -0.05) is 151 Å². The first-order valence-corrected chi connectivity index (χ1v) is 20.0. The van der Waals surface area contributed by atoms with Gasteiger partial charge in [0.15, 0.2) is 0 Å². The van der Waals surface area contributed by atoms with E-state index in [2.05, 4.69) is 46.9 Å². The molecule has 2 saturated heterocycles. The molecule has 0 amide bonds. The predicted octanol–water partition coefficient (Wildman–Crippen LogP) is 9.05. The average Bonchev–Trinajstić information content (AvgIpc) is 3.18. The largest absolute Gasteiger partial charge is 0.368 e. The van der Waals surface area contributed by atoms with Crippen LogP contribution in [0.5, 0.6) is 0 Å². The summed E-state index contributed by atoms with van der Waals surface area (Å²) in [7, 11) is 0. The van der Waals surface area contributed by atoms with Crippen molar-refractivity contribution >= 4 is 51.2 Å². The second kappa shape index (κ2) is 17.7. The van der Waals surface area contributed by atoms with Crippen LogP contribution in [0.25, 0.3) is 0 Å². The van der Waals surface area contributed by atoms with Crippen molar-refractivity contribution in [1.29, 1.82) is 0 Å². The van der Waals surface area contributed by atoms with Gasteiger partial charge in [-0.05, 0) is 63.9 Å². The molecule has 0 aliphatic carbocycles. The second-order valence-corrected chi connectivity index (χ2v) is 15.8. The molecule has 6 atom stereocenters. The van der Waals surface area contributed by atoms with Crippen LogP contribution in [0.1, 0.15) is 22.3 Å². The van der Waals surface area contributed by atoms with Crippen LogP contribution in [0.3, 0.4) is 0 Å². The second-order valence-electron chi connectivity index (χ2n) is 12.3. The Hall–Kier alpha value is -3.00. The van der Waals surface area contributed by atoms with Crippen LogP contribution in [0.4, 0.5) is 0 Å². The third-order valence-electron chi connectivity index (χ3n) is 8.90. The summed E-state index contributed by atoms with van der Waals surface area (Å²) in [6.45, 7) is 0.838. The number of hydrogen-bond acceptors (Lipinski definition) is 8. The fourth-order valence-corrected chi connectivity index (χ4v) is 9.02. The van der Waals surface area contributed by atoms with Crippen LogP contribution in [0.15, 0.2) is 150 Å². The van der Waals surface area contributed by atoms with Gasteiger partial charge in [0.1, 0.15) is 29.9 Å². The van der Waals surface area contributed by atoms with Gasteiger partial charge in [0.25, 0.3) is 10.9 Å². The summed E-state index contributed by atoms with van der Waals surface area (Å²) in [6.07, 6.45) is -1.58. The Bertz CT molecular complexity index is 1830. The molecule has 2 fully saturated rings. The minimum Gasteiger partial charge on any atom is -0.368 e. The molecule has 7 rings (SSSR count). The first kappa shape index (κ1) is 36.4. The summed E-state index contributed by atoms with van der Waals surface area (Å²) in [5.74, 6) is -1.07. The highest BCUT2D eigenvalue weighted by Crippen LogP contribution is 2.45. The van der Waals surface area contributed by atoms with E-state index in [1.165, 1.54) is 20.9 Å². The van der Waals surface area contributed by atoms with Gasteiger partial charge < -0.3 is 23.7 Å². The molecule has 0 saturated carbocycles. The van der Waals surface area contributed by atoms with E-state index in [1.54, 1.807) is 11.8 Å². The SMILES string of the molecule is O=C(SCCc1ccccc1I)[C@]1(c2ccccc2)OC[C@H]2O[C@H](Sc3ccccc3)[C@@H](OCc3ccccc3)[C@@H](OCc3ccccc3)[C@@H]2O1. The first-order chi connectivity index (χ1) is 25.1. The molecule has 0 N–H and O–H groups in total. The van der Waals surface area contributed by atoms with Gasteiger partial charge in [0.05, 0.1) is 19.8 Å².